The van der Waals surface area contributed by atoms with Crippen LogP contribution in [0.5, 0.6) is 0 Å². The molecule has 1 fully saturated rings. The first kappa shape index (κ1) is 59.4. The SMILES string of the molecule is CCCCCCCCCCCCC1CCC(c2ccc(C(CCCCCCCCCCCC)c3ccc(N)cc3C)cc2)(c2ccc(C(CCCCCCCCCCCC)c3ccc(N)cc3C)cc2)CC1. The van der Waals surface area contributed by atoms with Gasteiger partial charge in [0.1, 0.15) is 0 Å². The van der Waals surface area contributed by atoms with Gasteiger partial charge in [-0.2, -0.15) is 0 Å². The smallest absolute Gasteiger partial charge is 0.0316 e. The van der Waals surface area contributed by atoms with E-state index in [0.717, 1.165) is 17.3 Å². The molecule has 72 heavy (non-hydrogen) atoms. The Bertz CT molecular complexity index is 1860. The Morgan fingerprint density at radius 2 is 0.694 bits per heavy atom. The van der Waals surface area contributed by atoms with E-state index in [1.165, 1.54) is 282 Å². The van der Waals surface area contributed by atoms with Crippen molar-refractivity contribution < 1.29 is 0 Å². The van der Waals surface area contributed by atoms with E-state index in [9.17, 15) is 0 Å². The second-order valence-corrected chi connectivity index (χ2v) is 23.5. The molecule has 4 N–H and O–H groups in total. The van der Waals surface area contributed by atoms with Crippen LogP contribution in [-0.4, -0.2) is 0 Å². The standard InChI is InChI=1S/C70H110N2/c1-6-9-12-15-18-21-24-27-30-33-36-59-51-53-70(54-52-59,62-43-39-60(40-44-62)68(66-49-47-64(71)55-57(66)4)37-34-31-28-25-22-19-16-13-10-7-2)63-45-41-61(42-46-63)69(67-50-48-65(72)56-58(67)5)38-35-32-29-26-23-20-17-14-11-8-3/h39-50,55-56,59,68-69H,6-38,51-54,71-72H2,1-5H3. The van der Waals surface area contributed by atoms with E-state index in [2.05, 4.69) is 120 Å². The Morgan fingerprint density at radius 1 is 0.389 bits per heavy atom. The van der Waals surface area contributed by atoms with Gasteiger partial charge < -0.3 is 11.5 Å². The number of hydrogen-bond donors (Lipinski definition) is 2. The van der Waals surface area contributed by atoms with Crippen molar-refractivity contribution in [1.29, 1.82) is 0 Å². The van der Waals surface area contributed by atoms with Gasteiger partial charge in [0.05, 0.1) is 0 Å². The minimum atomic E-state index is 0.0393. The lowest BCUT2D eigenvalue weighted by Crippen LogP contribution is -2.33. The molecule has 0 radical (unpaired) electrons. The van der Waals surface area contributed by atoms with Crippen molar-refractivity contribution in [3.05, 3.63) is 129 Å². The lowest BCUT2D eigenvalue weighted by Gasteiger charge is -2.42. The maximum absolute atomic E-state index is 6.34. The third-order valence-electron chi connectivity index (χ3n) is 17.7. The molecule has 2 heteroatoms. The number of nitrogen functional groups attached to an aromatic ring is 2. The van der Waals surface area contributed by atoms with Crippen molar-refractivity contribution >= 4 is 11.4 Å². The quantitative estimate of drug-likeness (QED) is 0.0346. The van der Waals surface area contributed by atoms with Gasteiger partial charge in [-0.05, 0) is 127 Å². The first-order valence-corrected chi connectivity index (χ1v) is 31.2. The molecule has 5 rings (SSSR count). The monoisotopic (exact) mass is 979 g/mol. The summed E-state index contributed by atoms with van der Waals surface area (Å²) in [5.74, 6) is 1.64. The van der Waals surface area contributed by atoms with Crippen LogP contribution in [0.15, 0.2) is 84.9 Å². The average molecular weight is 980 g/mol. The Labute approximate surface area is 445 Å². The van der Waals surface area contributed by atoms with Crippen LogP contribution >= 0.6 is 0 Å². The minimum absolute atomic E-state index is 0.0393. The highest BCUT2D eigenvalue weighted by Gasteiger charge is 2.38. The van der Waals surface area contributed by atoms with Crippen LogP contribution in [-0.2, 0) is 5.41 Å². The molecule has 0 heterocycles. The van der Waals surface area contributed by atoms with Crippen LogP contribution in [0.4, 0.5) is 11.4 Å². The number of nitrogens with two attached hydrogens (primary N) is 2. The van der Waals surface area contributed by atoms with E-state index >= 15 is 0 Å². The zero-order valence-corrected chi connectivity index (χ0v) is 47.6. The van der Waals surface area contributed by atoms with Gasteiger partial charge in [-0.15, -0.1) is 0 Å². The molecule has 0 amide bonds. The maximum atomic E-state index is 6.34. The van der Waals surface area contributed by atoms with Crippen LogP contribution in [0.2, 0.25) is 0 Å². The molecule has 1 aliphatic rings. The molecule has 4 aromatic rings. The fourth-order valence-electron chi connectivity index (χ4n) is 13.0. The Hall–Kier alpha value is -3.52. The van der Waals surface area contributed by atoms with E-state index in [4.69, 9.17) is 11.5 Å². The summed E-state index contributed by atoms with van der Waals surface area (Å²) in [5.41, 5.74) is 26.0. The number of unbranched alkanes of at least 4 members (excludes halogenated alkanes) is 27. The van der Waals surface area contributed by atoms with Crippen molar-refractivity contribution in [2.24, 2.45) is 5.92 Å². The normalized spacial score (nSPS) is 16.8. The number of benzene rings is 4. The Morgan fingerprint density at radius 3 is 1.01 bits per heavy atom. The van der Waals surface area contributed by atoms with Gasteiger partial charge in [0, 0.05) is 28.6 Å². The van der Waals surface area contributed by atoms with Gasteiger partial charge in [-0.25, -0.2) is 0 Å². The molecule has 0 bridgehead atoms. The largest absolute Gasteiger partial charge is 0.399 e. The number of hydrogen-bond acceptors (Lipinski definition) is 2. The predicted molar refractivity (Wildman–Crippen MR) is 320 cm³/mol. The van der Waals surface area contributed by atoms with Crippen molar-refractivity contribution in [1.82, 2.24) is 0 Å². The number of anilines is 2. The molecule has 2 atom stereocenters. The predicted octanol–water partition coefficient (Wildman–Crippen LogP) is 22.1. The summed E-state index contributed by atoms with van der Waals surface area (Å²) in [6.07, 6.45) is 50.6. The highest BCUT2D eigenvalue weighted by molar-refractivity contribution is 5.51. The van der Waals surface area contributed by atoms with Gasteiger partial charge >= 0.3 is 0 Å². The molecular weight excluding hydrogens is 869 g/mol. The second-order valence-electron chi connectivity index (χ2n) is 23.5. The van der Waals surface area contributed by atoms with Gasteiger partial charge in [0.2, 0.25) is 0 Å². The first-order valence-electron chi connectivity index (χ1n) is 31.2. The highest BCUT2D eigenvalue weighted by Crippen LogP contribution is 2.49. The highest BCUT2D eigenvalue weighted by atomic mass is 14.5. The van der Waals surface area contributed by atoms with Crippen LogP contribution in [0.25, 0.3) is 0 Å². The van der Waals surface area contributed by atoms with Gasteiger partial charge in [-0.3, -0.25) is 0 Å². The zero-order chi connectivity index (χ0) is 51.1. The molecule has 2 unspecified atom stereocenters. The van der Waals surface area contributed by atoms with Crippen molar-refractivity contribution in [2.45, 2.75) is 289 Å². The van der Waals surface area contributed by atoms with Gasteiger partial charge in [0.25, 0.3) is 0 Å². The fourth-order valence-corrected chi connectivity index (χ4v) is 13.0. The third-order valence-corrected chi connectivity index (χ3v) is 17.7. The zero-order valence-electron chi connectivity index (χ0n) is 47.6. The van der Waals surface area contributed by atoms with Gasteiger partial charge in [0.15, 0.2) is 0 Å². The maximum Gasteiger partial charge on any atom is 0.0316 e. The summed E-state index contributed by atoms with van der Waals surface area (Å²) < 4.78 is 0. The lowest BCUT2D eigenvalue weighted by molar-refractivity contribution is 0.250. The topological polar surface area (TPSA) is 52.0 Å². The molecular formula is C70H110N2. The fraction of sp³-hybridized carbons (Fsp3) is 0.657. The first-order chi connectivity index (χ1) is 35.3. The van der Waals surface area contributed by atoms with Crippen molar-refractivity contribution in [2.75, 3.05) is 11.5 Å². The molecule has 0 spiro atoms. The van der Waals surface area contributed by atoms with Gasteiger partial charge in [-0.1, -0.05) is 280 Å². The average Bonchev–Trinajstić information content (AvgIpc) is 3.39. The summed E-state index contributed by atoms with van der Waals surface area (Å²) in [6, 6.07) is 33.7. The summed E-state index contributed by atoms with van der Waals surface area (Å²) in [4.78, 5) is 0. The van der Waals surface area contributed by atoms with Crippen LogP contribution in [0, 0.1) is 19.8 Å². The number of rotatable bonds is 39. The third kappa shape index (κ3) is 20.3. The Balaban J connectivity index is 1.32. The summed E-state index contributed by atoms with van der Waals surface area (Å²) in [6.45, 7) is 11.5. The summed E-state index contributed by atoms with van der Waals surface area (Å²) >= 11 is 0. The van der Waals surface area contributed by atoms with E-state index in [1.807, 2.05) is 0 Å². The molecule has 2 nitrogen and oxygen atoms in total. The van der Waals surface area contributed by atoms with Crippen molar-refractivity contribution in [3.8, 4) is 0 Å². The molecule has 400 valence electrons. The molecule has 1 saturated carbocycles. The van der Waals surface area contributed by atoms with Crippen LogP contribution < -0.4 is 11.5 Å². The molecule has 4 aromatic carbocycles. The number of aryl methyl sites for hydroxylation is 2. The molecule has 0 aromatic heterocycles. The van der Waals surface area contributed by atoms with E-state index in [1.54, 1.807) is 0 Å². The van der Waals surface area contributed by atoms with Crippen molar-refractivity contribution in [3.63, 3.8) is 0 Å². The van der Waals surface area contributed by atoms with E-state index < -0.39 is 0 Å². The summed E-state index contributed by atoms with van der Waals surface area (Å²) in [5, 5.41) is 0. The molecule has 0 saturated heterocycles. The van der Waals surface area contributed by atoms with Crippen LogP contribution in [0.3, 0.4) is 0 Å². The molecule has 1 aliphatic carbocycles. The second kappa shape index (κ2) is 34.9. The minimum Gasteiger partial charge on any atom is -0.399 e. The van der Waals surface area contributed by atoms with E-state index in [0.29, 0.717) is 11.8 Å². The van der Waals surface area contributed by atoms with E-state index in [-0.39, 0.29) is 5.41 Å². The molecule has 0 aliphatic heterocycles. The van der Waals surface area contributed by atoms with Crippen LogP contribution in [0.1, 0.15) is 315 Å². The lowest BCUT2D eigenvalue weighted by atomic mass is 9.62. The summed E-state index contributed by atoms with van der Waals surface area (Å²) in [7, 11) is 0. The Kier molecular flexibility index (Phi) is 28.7.